The number of hydrogen-bond acceptors (Lipinski definition) is 3. The quantitative estimate of drug-likeness (QED) is 0.793. The summed E-state index contributed by atoms with van der Waals surface area (Å²) in [4.78, 5) is 13.1. The molecule has 0 bridgehead atoms. The van der Waals surface area contributed by atoms with Crippen LogP contribution < -0.4 is 4.74 Å². The third-order valence-electron chi connectivity index (χ3n) is 3.80. The Labute approximate surface area is 120 Å². The first kappa shape index (κ1) is 14.9. The van der Waals surface area contributed by atoms with Gasteiger partial charge in [-0.15, -0.1) is 0 Å². The number of ether oxygens (including phenoxy) is 1. The van der Waals surface area contributed by atoms with Crippen molar-refractivity contribution in [2.24, 2.45) is 0 Å². The van der Waals surface area contributed by atoms with E-state index in [0.717, 1.165) is 25.0 Å². The van der Waals surface area contributed by atoms with E-state index in [9.17, 15) is 4.79 Å². The van der Waals surface area contributed by atoms with Gasteiger partial charge in [-0.1, -0.05) is 19.1 Å². The van der Waals surface area contributed by atoms with Gasteiger partial charge in [0.05, 0.1) is 0 Å². The lowest BCUT2D eigenvalue weighted by molar-refractivity contribution is -0.143. The first-order chi connectivity index (χ1) is 9.61. The molecule has 1 aromatic rings. The van der Waals surface area contributed by atoms with Crippen molar-refractivity contribution in [3.8, 4) is 5.75 Å². The predicted molar refractivity (Wildman–Crippen MR) is 78.1 cm³/mol. The Bertz CT molecular complexity index is 457. The molecule has 0 aliphatic heterocycles. The lowest BCUT2D eigenvalue weighted by Crippen LogP contribution is -2.42. The Morgan fingerprint density at radius 2 is 2.25 bits per heavy atom. The third-order valence-corrected chi connectivity index (χ3v) is 3.80. The molecule has 1 unspecified atom stereocenters. The molecule has 1 N–H and O–H groups in total. The number of aliphatic carboxylic acids is 1. The minimum absolute atomic E-state index is 0.423. The molecule has 0 radical (unpaired) electrons. The highest BCUT2D eigenvalue weighted by Crippen LogP contribution is 2.28. The Hall–Kier alpha value is -1.55. The number of carboxylic acids is 1. The van der Waals surface area contributed by atoms with Gasteiger partial charge in [0.25, 0.3) is 0 Å². The fourth-order valence-corrected chi connectivity index (χ4v) is 2.36. The number of nitrogens with zero attached hydrogens (tertiary/aromatic N) is 1. The minimum Gasteiger partial charge on any atom is -0.492 e. The van der Waals surface area contributed by atoms with Gasteiger partial charge in [0.2, 0.25) is 0 Å². The van der Waals surface area contributed by atoms with Gasteiger partial charge in [-0.3, -0.25) is 9.69 Å². The van der Waals surface area contributed by atoms with Crippen molar-refractivity contribution in [3.63, 3.8) is 0 Å². The van der Waals surface area contributed by atoms with Crippen LogP contribution in [0.1, 0.15) is 32.3 Å². The molecule has 1 aromatic carbocycles. The van der Waals surface area contributed by atoms with Gasteiger partial charge in [0.1, 0.15) is 18.4 Å². The van der Waals surface area contributed by atoms with Gasteiger partial charge in [-0.05, 0) is 43.9 Å². The van der Waals surface area contributed by atoms with Crippen LogP contribution in [0.4, 0.5) is 0 Å². The number of rotatable bonds is 8. The maximum atomic E-state index is 11.1. The molecule has 0 saturated heterocycles. The van der Waals surface area contributed by atoms with Crippen LogP contribution in [-0.2, 0) is 11.2 Å². The van der Waals surface area contributed by atoms with Crippen LogP contribution in [0.2, 0.25) is 0 Å². The van der Waals surface area contributed by atoms with E-state index in [0.29, 0.717) is 19.2 Å². The van der Waals surface area contributed by atoms with Crippen molar-refractivity contribution in [2.45, 2.75) is 45.2 Å². The average molecular weight is 277 g/mol. The maximum Gasteiger partial charge on any atom is 0.320 e. The van der Waals surface area contributed by atoms with E-state index in [1.54, 1.807) is 6.92 Å². The van der Waals surface area contributed by atoms with Crippen LogP contribution in [0.5, 0.6) is 5.75 Å². The Kier molecular flexibility index (Phi) is 5.01. The molecule has 1 saturated carbocycles. The van der Waals surface area contributed by atoms with Gasteiger partial charge in [0.15, 0.2) is 0 Å². The van der Waals surface area contributed by atoms with Crippen molar-refractivity contribution < 1.29 is 14.6 Å². The summed E-state index contributed by atoms with van der Waals surface area (Å²) in [5.74, 6) is 0.105. The molecule has 4 nitrogen and oxygen atoms in total. The zero-order valence-corrected chi connectivity index (χ0v) is 12.2. The Morgan fingerprint density at radius 3 is 2.85 bits per heavy atom. The van der Waals surface area contributed by atoms with E-state index >= 15 is 0 Å². The zero-order chi connectivity index (χ0) is 14.5. The minimum atomic E-state index is -0.759. The molecule has 2 rings (SSSR count). The summed E-state index contributed by atoms with van der Waals surface area (Å²) >= 11 is 0. The predicted octanol–water partition coefficient (Wildman–Crippen LogP) is 2.57. The number of carboxylic acid groups (broad SMARTS) is 1. The van der Waals surface area contributed by atoms with Gasteiger partial charge in [-0.25, -0.2) is 0 Å². The van der Waals surface area contributed by atoms with Gasteiger partial charge in [-0.2, -0.15) is 0 Å². The normalized spacial score (nSPS) is 16.1. The Balaban J connectivity index is 1.85. The van der Waals surface area contributed by atoms with Gasteiger partial charge in [0, 0.05) is 12.6 Å². The van der Waals surface area contributed by atoms with Crippen molar-refractivity contribution in [1.82, 2.24) is 4.90 Å². The maximum absolute atomic E-state index is 11.1. The summed E-state index contributed by atoms with van der Waals surface area (Å²) in [6.45, 7) is 5.05. The molecule has 0 aromatic heterocycles. The molecule has 1 aliphatic rings. The summed E-state index contributed by atoms with van der Waals surface area (Å²) in [7, 11) is 0. The fraction of sp³-hybridized carbons (Fsp3) is 0.562. The second-order valence-corrected chi connectivity index (χ2v) is 5.33. The molecule has 1 aliphatic carbocycles. The van der Waals surface area contributed by atoms with E-state index in [2.05, 4.69) is 13.0 Å². The van der Waals surface area contributed by atoms with E-state index < -0.39 is 12.0 Å². The highest BCUT2D eigenvalue weighted by atomic mass is 16.5. The number of benzene rings is 1. The zero-order valence-electron chi connectivity index (χ0n) is 12.2. The van der Waals surface area contributed by atoms with Crippen molar-refractivity contribution in [1.29, 1.82) is 0 Å². The summed E-state index contributed by atoms with van der Waals surface area (Å²) in [6.07, 6.45) is 3.19. The monoisotopic (exact) mass is 277 g/mol. The molecular weight excluding hydrogens is 254 g/mol. The molecule has 110 valence electrons. The SMILES string of the molecule is CCc1cccc(OCCN(C2CC2)C(C)C(=O)O)c1. The molecule has 0 heterocycles. The fourth-order valence-electron chi connectivity index (χ4n) is 2.36. The van der Waals surface area contributed by atoms with E-state index in [1.807, 2.05) is 23.1 Å². The highest BCUT2D eigenvalue weighted by molar-refractivity contribution is 5.73. The molecule has 20 heavy (non-hydrogen) atoms. The molecular formula is C16H23NO3. The number of hydrogen-bond donors (Lipinski definition) is 1. The van der Waals surface area contributed by atoms with E-state index in [4.69, 9.17) is 9.84 Å². The summed E-state index contributed by atoms with van der Waals surface area (Å²) < 4.78 is 5.75. The van der Waals surface area contributed by atoms with Gasteiger partial charge < -0.3 is 9.84 Å². The number of carbonyl (C=O) groups is 1. The van der Waals surface area contributed by atoms with Crippen LogP contribution >= 0.6 is 0 Å². The molecule has 1 atom stereocenters. The summed E-state index contributed by atoms with van der Waals surface area (Å²) in [6, 6.07) is 8.05. The lowest BCUT2D eigenvalue weighted by Gasteiger charge is -2.25. The van der Waals surface area contributed by atoms with Crippen LogP contribution in [0.25, 0.3) is 0 Å². The Morgan fingerprint density at radius 1 is 1.50 bits per heavy atom. The first-order valence-corrected chi connectivity index (χ1v) is 7.32. The standard InChI is InChI=1S/C16H23NO3/c1-3-13-5-4-6-15(11-13)20-10-9-17(14-7-8-14)12(2)16(18)19/h4-6,11-12,14H,3,7-10H2,1-2H3,(H,18,19). The smallest absolute Gasteiger partial charge is 0.320 e. The van der Waals surface area contributed by atoms with Crippen LogP contribution in [0.15, 0.2) is 24.3 Å². The third kappa shape index (κ3) is 3.97. The van der Waals surface area contributed by atoms with E-state index in [-0.39, 0.29) is 0 Å². The summed E-state index contributed by atoms with van der Waals surface area (Å²) in [5.41, 5.74) is 1.25. The molecule has 0 spiro atoms. The molecule has 4 heteroatoms. The number of aryl methyl sites for hydroxylation is 1. The van der Waals surface area contributed by atoms with Crippen LogP contribution in [0.3, 0.4) is 0 Å². The first-order valence-electron chi connectivity index (χ1n) is 7.32. The van der Waals surface area contributed by atoms with Crippen LogP contribution in [-0.4, -0.2) is 41.2 Å². The van der Waals surface area contributed by atoms with Crippen molar-refractivity contribution >= 4 is 5.97 Å². The lowest BCUT2D eigenvalue weighted by atomic mass is 10.2. The van der Waals surface area contributed by atoms with Crippen LogP contribution in [0, 0.1) is 0 Å². The second kappa shape index (κ2) is 6.75. The second-order valence-electron chi connectivity index (χ2n) is 5.33. The molecule has 0 amide bonds. The van der Waals surface area contributed by atoms with Crippen molar-refractivity contribution in [3.05, 3.63) is 29.8 Å². The largest absolute Gasteiger partial charge is 0.492 e. The average Bonchev–Trinajstić information content (AvgIpc) is 3.27. The highest BCUT2D eigenvalue weighted by Gasteiger charge is 2.34. The summed E-state index contributed by atoms with van der Waals surface area (Å²) in [5, 5.41) is 9.13. The van der Waals surface area contributed by atoms with Crippen molar-refractivity contribution in [2.75, 3.05) is 13.2 Å². The van der Waals surface area contributed by atoms with E-state index in [1.165, 1.54) is 5.56 Å². The topological polar surface area (TPSA) is 49.8 Å². The van der Waals surface area contributed by atoms with Gasteiger partial charge >= 0.3 is 5.97 Å². The molecule has 1 fully saturated rings.